The van der Waals surface area contributed by atoms with Gasteiger partial charge in [-0.15, -0.1) is 0 Å². The summed E-state index contributed by atoms with van der Waals surface area (Å²) in [4.78, 5) is 40.9. The lowest BCUT2D eigenvalue weighted by Crippen LogP contribution is -2.56. The van der Waals surface area contributed by atoms with E-state index in [9.17, 15) is 14.4 Å². The minimum atomic E-state index is -0.555. The SMILES string of the molecule is O=C1CCC(N2CCc3cccnc3C2=O)C(=O)N1. The number of piperidine rings is 1. The van der Waals surface area contributed by atoms with Crippen LogP contribution in [0.1, 0.15) is 28.9 Å². The Kier molecular flexibility index (Phi) is 2.77. The Bertz CT molecular complexity index is 570. The Labute approximate surface area is 109 Å². The number of nitrogens with one attached hydrogen (secondary N) is 1. The molecule has 0 saturated carbocycles. The lowest BCUT2D eigenvalue weighted by atomic mass is 9.98. The summed E-state index contributed by atoms with van der Waals surface area (Å²) in [6.45, 7) is 0.490. The quantitative estimate of drug-likeness (QED) is 0.713. The van der Waals surface area contributed by atoms with Gasteiger partial charge in [-0.2, -0.15) is 0 Å². The van der Waals surface area contributed by atoms with Gasteiger partial charge in [0.05, 0.1) is 0 Å². The molecule has 1 unspecified atom stereocenters. The predicted octanol–water partition coefficient (Wildman–Crippen LogP) is -0.115. The third-order valence-corrected chi connectivity index (χ3v) is 3.56. The number of fused-ring (bicyclic) bond motifs is 1. The van der Waals surface area contributed by atoms with Crippen LogP contribution >= 0.6 is 0 Å². The molecule has 1 aromatic heterocycles. The van der Waals surface area contributed by atoms with E-state index in [0.29, 0.717) is 25.1 Å². The summed E-state index contributed by atoms with van der Waals surface area (Å²) in [6.07, 6.45) is 2.92. The van der Waals surface area contributed by atoms with E-state index >= 15 is 0 Å². The second-order valence-electron chi connectivity index (χ2n) is 4.73. The zero-order chi connectivity index (χ0) is 13.4. The molecule has 2 aliphatic heterocycles. The number of hydrogen-bond acceptors (Lipinski definition) is 4. The number of carbonyl (C=O) groups is 3. The van der Waals surface area contributed by atoms with E-state index in [-0.39, 0.29) is 24.1 Å². The first-order valence-corrected chi connectivity index (χ1v) is 6.25. The molecule has 3 rings (SSSR count). The molecule has 1 atom stereocenters. The van der Waals surface area contributed by atoms with Gasteiger partial charge < -0.3 is 4.90 Å². The van der Waals surface area contributed by atoms with Crippen LogP contribution in [0.2, 0.25) is 0 Å². The van der Waals surface area contributed by atoms with E-state index in [2.05, 4.69) is 10.3 Å². The van der Waals surface area contributed by atoms with Gasteiger partial charge in [-0.25, -0.2) is 0 Å². The summed E-state index contributed by atoms with van der Waals surface area (Å²) in [5.41, 5.74) is 1.33. The van der Waals surface area contributed by atoms with Gasteiger partial charge >= 0.3 is 0 Å². The maximum absolute atomic E-state index is 12.3. The summed E-state index contributed by atoms with van der Waals surface area (Å²) in [6, 6.07) is 3.12. The molecule has 0 spiro atoms. The van der Waals surface area contributed by atoms with Crippen LogP contribution < -0.4 is 5.32 Å². The Morgan fingerprint density at radius 2 is 2.11 bits per heavy atom. The number of pyridine rings is 1. The van der Waals surface area contributed by atoms with Crippen molar-refractivity contribution in [2.45, 2.75) is 25.3 Å². The molecule has 0 aliphatic carbocycles. The number of carbonyl (C=O) groups excluding carboxylic acids is 3. The molecule has 6 nitrogen and oxygen atoms in total. The van der Waals surface area contributed by atoms with Crippen molar-refractivity contribution in [3.8, 4) is 0 Å². The van der Waals surface area contributed by atoms with Gasteiger partial charge in [0.25, 0.3) is 5.91 Å². The zero-order valence-electron chi connectivity index (χ0n) is 10.3. The highest BCUT2D eigenvalue weighted by molar-refractivity contribution is 6.04. The van der Waals surface area contributed by atoms with Crippen molar-refractivity contribution >= 4 is 17.7 Å². The molecule has 6 heteroatoms. The molecule has 3 heterocycles. The van der Waals surface area contributed by atoms with Crippen molar-refractivity contribution in [2.24, 2.45) is 0 Å². The van der Waals surface area contributed by atoms with Crippen molar-refractivity contribution < 1.29 is 14.4 Å². The summed E-state index contributed by atoms with van der Waals surface area (Å²) in [5.74, 6) is -0.885. The highest BCUT2D eigenvalue weighted by atomic mass is 16.2. The largest absolute Gasteiger partial charge is 0.325 e. The summed E-state index contributed by atoms with van der Waals surface area (Å²) >= 11 is 0. The van der Waals surface area contributed by atoms with Crippen molar-refractivity contribution in [2.75, 3.05) is 6.54 Å². The molecule has 1 fully saturated rings. The molecule has 1 N–H and O–H groups in total. The van der Waals surface area contributed by atoms with Crippen LogP contribution in [-0.4, -0.2) is 40.2 Å². The Balaban J connectivity index is 1.86. The number of rotatable bonds is 1. The van der Waals surface area contributed by atoms with E-state index < -0.39 is 6.04 Å². The van der Waals surface area contributed by atoms with Gasteiger partial charge in [-0.3, -0.25) is 24.7 Å². The second-order valence-corrected chi connectivity index (χ2v) is 4.73. The lowest BCUT2D eigenvalue weighted by Gasteiger charge is -2.35. The normalized spacial score (nSPS) is 23.1. The fourth-order valence-corrected chi connectivity index (χ4v) is 2.59. The number of hydrogen-bond donors (Lipinski definition) is 1. The van der Waals surface area contributed by atoms with Crippen LogP contribution in [0.4, 0.5) is 0 Å². The molecule has 0 bridgehead atoms. The number of nitrogens with zero attached hydrogens (tertiary/aromatic N) is 2. The van der Waals surface area contributed by atoms with E-state index in [4.69, 9.17) is 0 Å². The first-order chi connectivity index (χ1) is 9.16. The van der Waals surface area contributed by atoms with Crippen molar-refractivity contribution in [1.82, 2.24) is 15.2 Å². The smallest absolute Gasteiger partial charge is 0.273 e. The van der Waals surface area contributed by atoms with Gasteiger partial charge in [0.1, 0.15) is 11.7 Å². The average molecular weight is 259 g/mol. The lowest BCUT2D eigenvalue weighted by molar-refractivity contribution is -0.136. The van der Waals surface area contributed by atoms with E-state index in [0.717, 1.165) is 5.56 Å². The van der Waals surface area contributed by atoms with Crippen molar-refractivity contribution in [3.63, 3.8) is 0 Å². The molecular weight excluding hydrogens is 246 g/mol. The first-order valence-electron chi connectivity index (χ1n) is 6.25. The summed E-state index contributed by atoms with van der Waals surface area (Å²) in [7, 11) is 0. The number of amides is 3. The van der Waals surface area contributed by atoms with E-state index in [1.54, 1.807) is 12.3 Å². The van der Waals surface area contributed by atoms with Gasteiger partial charge in [-0.05, 0) is 24.5 Å². The number of imide groups is 1. The van der Waals surface area contributed by atoms with E-state index in [1.807, 2.05) is 6.07 Å². The fourth-order valence-electron chi connectivity index (χ4n) is 2.59. The third-order valence-electron chi connectivity index (χ3n) is 3.56. The summed E-state index contributed by atoms with van der Waals surface area (Å²) in [5, 5.41) is 2.28. The van der Waals surface area contributed by atoms with E-state index in [1.165, 1.54) is 4.90 Å². The van der Waals surface area contributed by atoms with Crippen LogP contribution in [0.15, 0.2) is 18.3 Å². The van der Waals surface area contributed by atoms with Gasteiger partial charge in [0.15, 0.2) is 0 Å². The monoisotopic (exact) mass is 259 g/mol. The maximum atomic E-state index is 12.3. The van der Waals surface area contributed by atoms with Gasteiger partial charge in [0.2, 0.25) is 11.8 Å². The average Bonchev–Trinajstić information content (AvgIpc) is 2.41. The molecule has 2 aliphatic rings. The zero-order valence-corrected chi connectivity index (χ0v) is 10.3. The van der Waals surface area contributed by atoms with Crippen LogP contribution in [-0.2, 0) is 16.0 Å². The molecule has 1 aromatic rings. The highest BCUT2D eigenvalue weighted by Crippen LogP contribution is 2.21. The molecule has 0 aromatic carbocycles. The molecule has 3 amide bonds. The van der Waals surface area contributed by atoms with Crippen LogP contribution in [0.3, 0.4) is 0 Å². The topological polar surface area (TPSA) is 79.4 Å². The molecule has 0 radical (unpaired) electrons. The molecule has 98 valence electrons. The maximum Gasteiger partial charge on any atom is 0.273 e. The van der Waals surface area contributed by atoms with Crippen LogP contribution in [0, 0.1) is 0 Å². The Morgan fingerprint density at radius 1 is 1.26 bits per heavy atom. The van der Waals surface area contributed by atoms with Gasteiger partial charge in [0, 0.05) is 19.2 Å². The minimum absolute atomic E-state index is 0.226. The molecular formula is C13H13N3O3. The van der Waals surface area contributed by atoms with Gasteiger partial charge in [-0.1, -0.05) is 6.07 Å². The minimum Gasteiger partial charge on any atom is -0.325 e. The predicted molar refractivity (Wildman–Crippen MR) is 65.1 cm³/mol. The molecule has 1 saturated heterocycles. The number of aromatic nitrogens is 1. The fraction of sp³-hybridized carbons (Fsp3) is 0.385. The highest BCUT2D eigenvalue weighted by Gasteiger charge is 2.37. The van der Waals surface area contributed by atoms with Crippen molar-refractivity contribution in [1.29, 1.82) is 0 Å². The molecule has 19 heavy (non-hydrogen) atoms. The van der Waals surface area contributed by atoms with Crippen molar-refractivity contribution in [3.05, 3.63) is 29.6 Å². The third kappa shape index (κ3) is 1.99. The van der Waals surface area contributed by atoms with Crippen LogP contribution in [0.25, 0.3) is 0 Å². The standard InChI is InChI=1S/C13H13N3O3/c17-10-4-3-9(12(18)15-10)16-7-5-8-2-1-6-14-11(8)13(16)19/h1-2,6,9H,3-5,7H2,(H,15,17,18). The Hall–Kier alpha value is -2.24. The Morgan fingerprint density at radius 3 is 2.89 bits per heavy atom. The second kappa shape index (κ2) is 4.46. The van der Waals surface area contributed by atoms with Crippen LogP contribution in [0.5, 0.6) is 0 Å². The first kappa shape index (κ1) is 11.8. The summed E-state index contributed by atoms with van der Waals surface area (Å²) < 4.78 is 0.